The molecule has 1 heterocycles. The highest BCUT2D eigenvalue weighted by Gasteiger charge is 2.30. The van der Waals surface area contributed by atoms with Crippen molar-refractivity contribution in [2.75, 3.05) is 11.9 Å². The van der Waals surface area contributed by atoms with Crippen molar-refractivity contribution in [1.82, 2.24) is 4.90 Å². The Morgan fingerprint density at radius 2 is 2.00 bits per heavy atom. The van der Waals surface area contributed by atoms with E-state index in [2.05, 4.69) is 29.3 Å². The molecule has 0 spiro atoms. The molecular weight excluding hydrogens is 318 g/mol. The van der Waals surface area contributed by atoms with Gasteiger partial charge in [0.1, 0.15) is 5.69 Å². The first-order valence-corrected chi connectivity index (χ1v) is 8.49. The van der Waals surface area contributed by atoms with E-state index in [0.29, 0.717) is 17.3 Å². The molecule has 0 amide bonds. The van der Waals surface area contributed by atoms with Crippen LogP contribution in [-0.2, 0) is 13.2 Å². The zero-order valence-electron chi connectivity index (χ0n) is 14.3. The van der Waals surface area contributed by atoms with Crippen molar-refractivity contribution in [2.24, 2.45) is 0 Å². The molecule has 25 heavy (non-hydrogen) atoms. The molecule has 0 saturated carbocycles. The summed E-state index contributed by atoms with van der Waals surface area (Å²) in [6.07, 6.45) is 0.924. The molecule has 3 rings (SSSR count). The van der Waals surface area contributed by atoms with Crippen LogP contribution in [0.3, 0.4) is 0 Å². The van der Waals surface area contributed by atoms with Crippen molar-refractivity contribution >= 4 is 11.4 Å². The van der Waals surface area contributed by atoms with E-state index in [1.165, 1.54) is 11.6 Å². The quantitative estimate of drug-likeness (QED) is 0.623. The van der Waals surface area contributed by atoms with Crippen molar-refractivity contribution in [1.29, 1.82) is 0 Å². The van der Waals surface area contributed by atoms with E-state index in [9.17, 15) is 15.2 Å². The number of hydrogen-bond acceptors (Lipinski definition) is 5. The lowest BCUT2D eigenvalue weighted by Crippen LogP contribution is -2.28. The van der Waals surface area contributed by atoms with Crippen LogP contribution in [0.4, 0.5) is 11.4 Å². The zero-order valence-corrected chi connectivity index (χ0v) is 14.3. The lowest BCUT2D eigenvalue weighted by Gasteiger charge is -2.21. The van der Waals surface area contributed by atoms with Crippen molar-refractivity contribution < 1.29 is 10.0 Å². The zero-order chi connectivity index (χ0) is 17.8. The molecule has 1 saturated heterocycles. The summed E-state index contributed by atoms with van der Waals surface area (Å²) in [5, 5.41) is 23.9. The van der Waals surface area contributed by atoms with Crippen LogP contribution in [0.1, 0.15) is 24.5 Å². The number of aliphatic hydroxyl groups is 1. The molecule has 132 valence electrons. The number of aliphatic hydroxyl groups excluding tert-OH is 1. The van der Waals surface area contributed by atoms with E-state index in [4.69, 9.17) is 0 Å². The summed E-state index contributed by atoms with van der Waals surface area (Å²) in [5.74, 6) is 0. The number of likely N-dealkylation sites (tertiary alicyclic amines) is 1. The molecule has 2 unspecified atom stereocenters. The third-order valence-electron chi connectivity index (χ3n) is 4.73. The highest BCUT2D eigenvalue weighted by atomic mass is 16.6. The second-order valence-corrected chi connectivity index (χ2v) is 6.61. The highest BCUT2D eigenvalue weighted by Crippen LogP contribution is 2.29. The number of nitrogens with zero attached hydrogens (tertiary/aromatic N) is 2. The molecule has 2 aromatic rings. The van der Waals surface area contributed by atoms with E-state index in [1.807, 2.05) is 18.2 Å². The van der Waals surface area contributed by atoms with Crippen molar-refractivity contribution in [3.63, 3.8) is 0 Å². The molecule has 2 aromatic carbocycles. The summed E-state index contributed by atoms with van der Waals surface area (Å²) >= 11 is 0. The molecule has 0 aliphatic carbocycles. The number of nitro groups is 1. The van der Waals surface area contributed by atoms with Crippen LogP contribution in [0.2, 0.25) is 0 Å². The average Bonchev–Trinajstić information content (AvgIpc) is 2.94. The van der Waals surface area contributed by atoms with Gasteiger partial charge in [-0.25, -0.2) is 0 Å². The summed E-state index contributed by atoms with van der Waals surface area (Å²) in [4.78, 5) is 13.3. The summed E-state index contributed by atoms with van der Waals surface area (Å²) in [7, 11) is 0. The number of nitro benzene ring substituents is 1. The SMILES string of the molecule is CC1CC(Nc2cc(CO)ccc2[N+](=O)[O-])CN1Cc1ccccc1. The second kappa shape index (κ2) is 7.63. The lowest BCUT2D eigenvalue weighted by molar-refractivity contribution is -0.384. The van der Waals surface area contributed by atoms with Gasteiger partial charge < -0.3 is 10.4 Å². The Morgan fingerprint density at radius 3 is 2.68 bits per heavy atom. The normalized spacial score (nSPS) is 20.6. The van der Waals surface area contributed by atoms with Gasteiger partial charge in [-0.3, -0.25) is 15.0 Å². The van der Waals surface area contributed by atoms with Crippen LogP contribution in [0.25, 0.3) is 0 Å². The topological polar surface area (TPSA) is 78.6 Å². The Bertz CT molecular complexity index is 736. The highest BCUT2D eigenvalue weighted by molar-refractivity contribution is 5.63. The number of benzene rings is 2. The number of nitrogens with one attached hydrogen (secondary N) is 1. The van der Waals surface area contributed by atoms with Crippen LogP contribution in [0.15, 0.2) is 48.5 Å². The standard InChI is InChI=1S/C19H23N3O3/c1-14-9-17(12-21(14)11-15-5-3-2-4-6-15)20-18-10-16(13-23)7-8-19(18)22(24)25/h2-8,10,14,17,20,23H,9,11-13H2,1H3. The van der Waals surface area contributed by atoms with Gasteiger partial charge in [-0.05, 0) is 36.6 Å². The Morgan fingerprint density at radius 1 is 1.24 bits per heavy atom. The van der Waals surface area contributed by atoms with Gasteiger partial charge in [-0.15, -0.1) is 0 Å². The third kappa shape index (κ3) is 4.15. The Balaban J connectivity index is 1.71. The maximum Gasteiger partial charge on any atom is 0.292 e. The van der Waals surface area contributed by atoms with Crippen LogP contribution < -0.4 is 5.32 Å². The minimum absolute atomic E-state index is 0.0476. The first-order valence-electron chi connectivity index (χ1n) is 8.49. The van der Waals surface area contributed by atoms with Crippen LogP contribution in [0, 0.1) is 10.1 Å². The van der Waals surface area contributed by atoms with Gasteiger partial charge in [0.2, 0.25) is 0 Å². The van der Waals surface area contributed by atoms with Gasteiger partial charge in [-0.2, -0.15) is 0 Å². The minimum Gasteiger partial charge on any atom is -0.392 e. The second-order valence-electron chi connectivity index (χ2n) is 6.61. The van der Waals surface area contributed by atoms with Crippen LogP contribution in [-0.4, -0.2) is 33.6 Å². The molecule has 0 aromatic heterocycles. The predicted octanol–water partition coefficient (Wildman–Crippen LogP) is 3.16. The molecule has 0 radical (unpaired) electrons. The van der Waals surface area contributed by atoms with E-state index < -0.39 is 0 Å². The molecule has 0 bridgehead atoms. The number of hydrogen-bond donors (Lipinski definition) is 2. The minimum atomic E-state index is -0.385. The average molecular weight is 341 g/mol. The molecule has 2 atom stereocenters. The molecule has 1 aliphatic rings. The fourth-order valence-electron chi connectivity index (χ4n) is 3.42. The van der Waals surface area contributed by atoms with Crippen molar-refractivity contribution in [3.05, 3.63) is 69.8 Å². The summed E-state index contributed by atoms with van der Waals surface area (Å²) in [6, 6.07) is 15.6. The van der Waals surface area contributed by atoms with Crippen LogP contribution >= 0.6 is 0 Å². The van der Waals surface area contributed by atoms with E-state index in [0.717, 1.165) is 19.5 Å². The van der Waals surface area contributed by atoms with Gasteiger partial charge in [0, 0.05) is 31.2 Å². The molecule has 1 fully saturated rings. The largest absolute Gasteiger partial charge is 0.392 e. The van der Waals surface area contributed by atoms with Gasteiger partial charge >= 0.3 is 0 Å². The maximum absolute atomic E-state index is 11.3. The Labute approximate surface area is 147 Å². The maximum atomic E-state index is 11.3. The number of rotatable bonds is 6. The summed E-state index contributed by atoms with van der Waals surface area (Å²) in [5.41, 5.74) is 2.46. The molecule has 1 aliphatic heterocycles. The predicted molar refractivity (Wildman–Crippen MR) is 97.4 cm³/mol. The van der Waals surface area contributed by atoms with Gasteiger partial charge in [-0.1, -0.05) is 30.3 Å². The molecule has 6 nitrogen and oxygen atoms in total. The molecule has 6 heteroatoms. The van der Waals surface area contributed by atoms with Gasteiger partial charge in [0.05, 0.1) is 11.5 Å². The molecule has 2 N–H and O–H groups in total. The smallest absolute Gasteiger partial charge is 0.292 e. The first-order chi connectivity index (χ1) is 12.1. The fourth-order valence-corrected chi connectivity index (χ4v) is 3.42. The summed E-state index contributed by atoms with van der Waals surface area (Å²) in [6.45, 7) is 3.76. The third-order valence-corrected chi connectivity index (χ3v) is 4.73. The summed E-state index contributed by atoms with van der Waals surface area (Å²) < 4.78 is 0. The monoisotopic (exact) mass is 341 g/mol. The Kier molecular flexibility index (Phi) is 5.31. The van der Waals surface area contributed by atoms with Crippen molar-refractivity contribution in [2.45, 2.75) is 38.6 Å². The van der Waals surface area contributed by atoms with E-state index >= 15 is 0 Å². The molecular formula is C19H23N3O3. The number of anilines is 1. The van der Waals surface area contributed by atoms with Crippen molar-refractivity contribution in [3.8, 4) is 0 Å². The fraction of sp³-hybridized carbons (Fsp3) is 0.368. The Hall–Kier alpha value is -2.44. The van der Waals surface area contributed by atoms with Gasteiger partial charge in [0.15, 0.2) is 0 Å². The van der Waals surface area contributed by atoms with E-state index in [-0.39, 0.29) is 23.3 Å². The van der Waals surface area contributed by atoms with Gasteiger partial charge in [0.25, 0.3) is 5.69 Å². The van der Waals surface area contributed by atoms with E-state index in [1.54, 1.807) is 12.1 Å². The van der Waals surface area contributed by atoms with Crippen LogP contribution in [0.5, 0.6) is 0 Å². The first kappa shape index (κ1) is 17.4. The lowest BCUT2D eigenvalue weighted by atomic mass is 10.1.